The monoisotopic (exact) mass is 363 g/mol. The molecule has 0 spiro atoms. The Kier molecular flexibility index (Phi) is 13.3. The van der Waals surface area contributed by atoms with E-state index in [1.807, 2.05) is 0 Å². The molecule has 0 aliphatic carbocycles. The summed E-state index contributed by atoms with van der Waals surface area (Å²) in [5.41, 5.74) is 0. The van der Waals surface area contributed by atoms with Crippen molar-refractivity contribution in [1.82, 2.24) is 5.32 Å². The van der Waals surface area contributed by atoms with Crippen LogP contribution in [-0.4, -0.2) is 23.7 Å². The molecule has 1 saturated heterocycles. The van der Waals surface area contributed by atoms with Crippen molar-refractivity contribution in [2.75, 3.05) is 6.61 Å². The van der Waals surface area contributed by atoms with E-state index < -0.39 is 0 Å². The van der Waals surface area contributed by atoms with Crippen molar-refractivity contribution in [3.05, 3.63) is 24.3 Å². The molecule has 0 saturated carbocycles. The molecule has 26 heavy (non-hydrogen) atoms. The Morgan fingerprint density at radius 3 is 2.69 bits per heavy atom. The van der Waals surface area contributed by atoms with Gasteiger partial charge in [0.15, 0.2) is 0 Å². The molecular weight excluding hydrogens is 322 g/mol. The molecule has 1 aliphatic heterocycles. The second-order valence-corrected chi connectivity index (χ2v) is 7.93. The van der Waals surface area contributed by atoms with Gasteiger partial charge >= 0.3 is 0 Å². The van der Waals surface area contributed by atoms with Crippen LogP contribution in [0.25, 0.3) is 0 Å². The maximum Gasteiger partial charge on any atom is 0.220 e. The lowest BCUT2D eigenvalue weighted by Crippen LogP contribution is -2.39. The van der Waals surface area contributed by atoms with Crippen LogP contribution in [0.3, 0.4) is 0 Å². The SMILES string of the molecule is CCCCC/C=C\C/C=C\CC1CCCCCC(=O)N[C@@H](CO)CC1C. The molecule has 3 nitrogen and oxygen atoms in total. The first kappa shape index (κ1) is 23.0. The van der Waals surface area contributed by atoms with Crippen LogP contribution in [0, 0.1) is 11.8 Å². The van der Waals surface area contributed by atoms with Crippen LogP contribution in [0.1, 0.15) is 90.9 Å². The van der Waals surface area contributed by atoms with Crippen molar-refractivity contribution >= 4 is 5.91 Å². The standard InChI is InChI=1S/C23H41NO2/c1-3-4-5-6-7-8-9-10-12-15-21-16-13-11-14-17-23(26)24-22(19-25)18-20(21)2/h7-8,10,12,20-22,25H,3-6,9,11,13-19H2,1-2H3,(H,24,26)/b8-7-,12-10-/t20?,21?,22-/m1/s1. The number of aliphatic hydroxyl groups excluding tert-OH is 1. The Morgan fingerprint density at radius 1 is 1.12 bits per heavy atom. The summed E-state index contributed by atoms with van der Waals surface area (Å²) in [7, 11) is 0. The first-order valence-electron chi connectivity index (χ1n) is 10.9. The van der Waals surface area contributed by atoms with E-state index in [4.69, 9.17) is 0 Å². The summed E-state index contributed by atoms with van der Waals surface area (Å²) in [5.74, 6) is 1.25. The summed E-state index contributed by atoms with van der Waals surface area (Å²) >= 11 is 0. The van der Waals surface area contributed by atoms with Crippen molar-refractivity contribution in [2.45, 2.75) is 96.9 Å². The number of allylic oxidation sites excluding steroid dienone is 4. The molecule has 1 heterocycles. The Morgan fingerprint density at radius 2 is 1.92 bits per heavy atom. The van der Waals surface area contributed by atoms with E-state index in [1.54, 1.807) is 0 Å². The van der Waals surface area contributed by atoms with E-state index in [0.29, 0.717) is 18.3 Å². The third-order valence-corrected chi connectivity index (χ3v) is 5.54. The number of hydrogen-bond donors (Lipinski definition) is 2. The molecular formula is C23H41NO2. The third-order valence-electron chi connectivity index (χ3n) is 5.54. The molecule has 3 heteroatoms. The minimum atomic E-state index is -0.0897. The molecule has 2 N–H and O–H groups in total. The highest BCUT2D eigenvalue weighted by molar-refractivity contribution is 5.76. The number of aliphatic hydroxyl groups is 1. The van der Waals surface area contributed by atoms with Gasteiger partial charge in [0.1, 0.15) is 0 Å². The third kappa shape index (κ3) is 10.8. The zero-order valence-corrected chi connectivity index (χ0v) is 17.1. The summed E-state index contributed by atoms with van der Waals surface area (Å²) in [6, 6.07) is -0.0897. The lowest BCUT2D eigenvalue weighted by atomic mass is 9.82. The predicted molar refractivity (Wildman–Crippen MR) is 111 cm³/mol. The smallest absolute Gasteiger partial charge is 0.220 e. The van der Waals surface area contributed by atoms with Crippen LogP contribution in [0.2, 0.25) is 0 Å². The highest BCUT2D eigenvalue weighted by Gasteiger charge is 2.22. The Balaban J connectivity index is 2.43. The zero-order valence-electron chi connectivity index (χ0n) is 17.1. The summed E-state index contributed by atoms with van der Waals surface area (Å²) in [4.78, 5) is 11.9. The molecule has 1 aliphatic rings. The molecule has 150 valence electrons. The van der Waals surface area contributed by atoms with Crippen LogP contribution in [-0.2, 0) is 4.79 Å². The van der Waals surface area contributed by atoms with Crippen molar-refractivity contribution in [2.24, 2.45) is 11.8 Å². The maximum absolute atomic E-state index is 11.9. The van der Waals surface area contributed by atoms with Crippen LogP contribution in [0.15, 0.2) is 24.3 Å². The minimum absolute atomic E-state index is 0.0431. The molecule has 0 aromatic heterocycles. The summed E-state index contributed by atoms with van der Waals surface area (Å²) in [5, 5.41) is 12.6. The minimum Gasteiger partial charge on any atom is -0.394 e. The number of nitrogens with one attached hydrogen (secondary N) is 1. The largest absolute Gasteiger partial charge is 0.394 e. The fourth-order valence-corrected chi connectivity index (χ4v) is 3.80. The van der Waals surface area contributed by atoms with Crippen LogP contribution in [0.5, 0.6) is 0 Å². The average Bonchev–Trinajstić information content (AvgIpc) is 2.66. The molecule has 2 unspecified atom stereocenters. The lowest BCUT2D eigenvalue weighted by Gasteiger charge is -2.26. The Bertz CT molecular complexity index is 416. The van der Waals surface area contributed by atoms with Gasteiger partial charge in [-0.2, -0.15) is 0 Å². The first-order valence-corrected chi connectivity index (χ1v) is 10.9. The van der Waals surface area contributed by atoms with Gasteiger partial charge in [-0.15, -0.1) is 0 Å². The molecule has 1 rings (SSSR count). The van der Waals surface area contributed by atoms with Gasteiger partial charge in [-0.25, -0.2) is 0 Å². The van der Waals surface area contributed by atoms with E-state index in [0.717, 1.165) is 32.1 Å². The molecule has 1 amide bonds. The van der Waals surface area contributed by atoms with Gasteiger partial charge in [-0.1, -0.05) is 63.8 Å². The molecule has 0 aromatic carbocycles. The molecule has 3 atom stereocenters. The fraction of sp³-hybridized carbons (Fsp3) is 0.783. The highest BCUT2D eigenvalue weighted by Crippen LogP contribution is 2.27. The number of carbonyl (C=O) groups is 1. The van der Waals surface area contributed by atoms with E-state index in [2.05, 4.69) is 43.5 Å². The molecule has 1 fully saturated rings. The van der Waals surface area contributed by atoms with E-state index in [1.165, 1.54) is 38.5 Å². The normalized spacial score (nSPS) is 26.1. The van der Waals surface area contributed by atoms with Gasteiger partial charge in [0.25, 0.3) is 0 Å². The van der Waals surface area contributed by atoms with Gasteiger partial charge in [0.05, 0.1) is 12.6 Å². The van der Waals surface area contributed by atoms with Gasteiger partial charge in [-0.05, 0) is 56.8 Å². The van der Waals surface area contributed by atoms with Gasteiger partial charge in [-0.3, -0.25) is 4.79 Å². The van der Waals surface area contributed by atoms with E-state index in [-0.39, 0.29) is 18.6 Å². The quantitative estimate of drug-likeness (QED) is 0.417. The average molecular weight is 364 g/mol. The van der Waals surface area contributed by atoms with Gasteiger partial charge in [0.2, 0.25) is 5.91 Å². The van der Waals surface area contributed by atoms with Crippen LogP contribution < -0.4 is 5.32 Å². The molecule has 0 radical (unpaired) electrons. The van der Waals surface area contributed by atoms with Crippen LogP contribution >= 0.6 is 0 Å². The van der Waals surface area contributed by atoms with Gasteiger partial charge in [0, 0.05) is 6.42 Å². The second kappa shape index (κ2) is 15.0. The summed E-state index contributed by atoms with van der Waals surface area (Å²) < 4.78 is 0. The number of unbranched alkanes of at least 4 members (excludes halogenated alkanes) is 3. The molecule has 0 bridgehead atoms. The maximum atomic E-state index is 11.9. The lowest BCUT2D eigenvalue weighted by molar-refractivity contribution is -0.122. The second-order valence-electron chi connectivity index (χ2n) is 7.93. The fourth-order valence-electron chi connectivity index (χ4n) is 3.80. The van der Waals surface area contributed by atoms with Crippen LogP contribution in [0.4, 0.5) is 0 Å². The zero-order chi connectivity index (χ0) is 19.0. The number of hydrogen-bond acceptors (Lipinski definition) is 2. The first-order chi connectivity index (χ1) is 12.7. The number of amides is 1. The van der Waals surface area contributed by atoms with Crippen molar-refractivity contribution < 1.29 is 9.90 Å². The van der Waals surface area contributed by atoms with Crippen molar-refractivity contribution in [1.29, 1.82) is 0 Å². The Hall–Kier alpha value is -1.09. The van der Waals surface area contributed by atoms with E-state index in [9.17, 15) is 9.90 Å². The van der Waals surface area contributed by atoms with E-state index >= 15 is 0 Å². The van der Waals surface area contributed by atoms with Crippen molar-refractivity contribution in [3.8, 4) is 0 Å². The topological polar surface area (TPSA) is 49.3 Å². The Labute approximate surface area is 161 Å². The highest BCUT2D eigenvalue weighted by atomic mass is 16.3. The summed E-state index contributed by atoms with van der Waals surface area (Å²) in [6.45, 7) is 4.56. The molecule has 0 aromatic rings. The van der Waals surface area contributed by atoms with Crippen molar-refractivity contribution in [3.63, 3.8) is 0 Å². The summed E-state index contributed by atoms with van der Waals surface area (Å²) in [6.07, 6.45) is 22.5. The number of carbonyl (C=O) groups excluding carboxylic acids is 1. The van der Waals surface area contributed by atoms with Gasteiger partial charge < -0.3 is 10.4 Å². The predicted octanol–water partition coefficient (Wildman–Crippen LogP) is 5.54. The number of rotatable bonds is 9.